The highest BCUT2D eigenvalue weighted by Gasteiger charge is 2.41. The van der Waals surface area contributed by atoms with E-state index in [0.29, 0.717) is 12.0 Å². The van der Waals surface area contributed by atoms with E-state index in [1.165, 1.54) is 12.8 Å². The van der Waals surface area contributed by atoms with Crippen LogP contribution in [0.4, 0.5) is 5.69 Å². The van der Waals surface area contributed by atoms with Crippen molar-refractivity contribution in [1.29, 1.82) is 0 Å². The fourth-order valence-corrected chi connectivity index (χ4v) is 2.68. The largest absolute Gasteiger partial charge is 0.385 e. The highest BCUT2D eigenvalue weighted by Crippen LogP contribution is 2.48. The molecule has 1 aromatic carbocycles. The Bertz CT molecular complexity index is 489. The third-order valence-electron chi connectivity index (χ3n) is 3.85. The minimum atomic E-state index is -0.334. The van der Waals surface area contributed by atoms with Crippen LogP contribution in [-0.2, 0) is 11.3 Å². The van der Waals surface area contributed by atoms with E-state index < -0.39 is 0 Å². The molecule has 0 radical (unpaired) electrons. The first kappa shape index (κ1) is 15.4. The third-order valence-corrected chi connectivity index (χ3v) is 4.35. The smallest absolute Gasteiger partial charge is 0.275 e. The molecule has 1 aliphatic carbocycles. The van der Waals surface area contributed by atoms with Gasteiger partial charge in [-0.05, 0) is 36.8 Å². The molecule has 0 bridgehead atoms. The van der Waals surface area contributed by atoms with E-state index in [9.17, 15) is 10.1 Å². The number of methoxy groups -OCH3 is 1. The van der Waals surface area contributed by atoms with Gasteiger partial charge in [0.25, 0.3) is 5.69 Å². The second-order valence-corrected chi connectivity index (χ2v) is 6.29. The standard InChI is InChI=1S/C14H19BrN2O3/c1-20-7-6-14(4-5-14)10-16-9-11-2-3-12(15)8-13(11)17(18)19/h2-3,8,16H,4-7,9-10H2,1H3. The molecule has 20 heavy (non-hydrogen) atoms. The molecule has 1 N–H and O–H groups in total. The van der Waals surface area contributed by atoms with Crippen LogP contribution >= 0.6 is 15.9 Å². The van der Waals surface area contributed by atoms with Crippen molar-refractivity contribution < 1.29 is 9.66 Å². The van der Waals surface area contributed by atoms with Crippen LogP contribution < -0.4 is 5.32 Å². The van der Waals surface area contributed by atoms with Gasteiger partial charge in [0, 0.05) is 42.9 Å². The lowest BCUT2D eigenvalue weighted by Crippen LogP contribution is -2.25. The highest BCUT2D eigenvalue weighted by molar-refractivity contribution is 9.10. The quantitative estimate of drug-likeness (QED) is 0.581. The fourth-order valence-electron chi connectivity index (χ4n) is 2.33. The minimum Gasteiger partial charge on any atom is -0.385 e. The zero-order valence-electron chi connectivity index (χ0n) is 11.5. The maximum absolute atomic E-state index is 11.0. The van der Waals surface area contributed by atoms with Crippen molar-refractivity contribution in [3.05, 3.63) is 38.3 Å². The van der Waals surface area contributed by atoms with Gasteiger partial charge in [-0.2, -0.15) is 0 Å². The maximum Gasteiger partial charge on any atom is 0.275 e. The lowest BCUT2D eigenvalue weighted by Gasteiger charge is -2.15. The zero-order chi connectivity index (χ0) is 14.6. The zero-order valence-corrected chi connectivity index (χ0v) is 13.1. The normalized spacial score (nSPS) is 16.1. The summed E-state index contributed by atoms with van der Waals surface area (Å²) >= 11 is 3.26. The fraction of sp³-hybridized carbons (Fsp3) is 0.571. The summed E-state index contributed by atoms with van der Waals surface area (Å²) < 4.78 is 5.85. The summed E-state index contributed by atoms with van der Waals surface area (Å²) in [5.41, 5.74) is 1.23. The van der Waals surface area contributed by atoms with Crippen LogP contribution in [0.3, 0.4) is 0 Å². The predicted molar refractivity (Wildman–Crippen MR) is 80.7 cm³/mol. The Balaban J connectivity index is 1.90. The molecule has 0 atom stereocenters. The second-order valence-electron chi connectivity index (χ2n) is 5.38. The number of nitrogens with one attached hydrogen (secondary N) is 1. The van der Waals surface area contributed by atoms with Crippen molar-refractivity contribution in [2.75, 3.05) is 20.3 Å². The number of nitro benzene ring substituents is 1. The van der Waals surface area contributed by atoms with Gasteiger partial charge in [-0.15, -0.1) is 0 Å². The van der Waals surface area contributed by atoms with Gasteiger partial charge >= 0.3 is 0 Å². The average molecular weight is 343 g/mol. The molecule has 1 fully saturated rings. The number of benzene rings is 1. The van der Waals surface area contributed by atoms with Crippen molar-refractivity contribution in [2.45, 2.75) is 25.8 Å². The number of hydrogen-bond donors (Lipinski definition) is 1. The van der Waals surface area contributed by atoms with Gasteiger partial charge < -0.3 is 10.1 Å². The summed E-state index contributed by atoms with van der Waals surface area (Å²) in [5, 5.41) is 14.4. The first-order valence-corrected chi connectivity index (χ1v) is 7.48. The van der Waals surface area contributed by atoms with Crippen LogP contribution in [0.5, 0.6) is 0 Å². The van der Waals surface area contributed by atoms with Crippen molar-refractivity contribution in [2.24, 2.45) is 5.41 Å². The minimum absolute atomic E-state index is 0.161. The monoisotopic (exact) mass is 342 g/mol. The molecule has 0 spiro atoms. The van der Waals surface area contributed by atoms with E-state index in [2.05, 4.69) is 21.2 Å². The van der Waals surface area contributed by atoms with Crippen molar-refractivity contribution >= 4 is 21.6 Å². The van der Waals surface area contributed by atoms with Gasteiger partial charge in [-0.3, -0.25) is 10.1 Å². The summed E-state index contributed by atoms with van der Waals surface area (Å²) in [6.07, 6.45) is 3.48. The lowest BCUT2D eigenvalue weighted by atomic mass is 10.0. The molecule has 0 saturated heterocycles. The molecule has 0 amide bonds. The number of nitrogens with zero attached hydrogens (tertiary/aromatic N) is 1. The van der Waals surface area contributed by atoms with Crippen molar-refractivity contribution in [3.8, 4) is 0 Å². The van der Waals surface area contributed by atoms with Gasteiger partial charge in [0.1, 0.15) is 0 Å². The Morgan fingerprint density at radius 1 is 1.50 bits per heavy atom. The van der Waals surface area contributed by atoms with E-state index in [1.54, 1.807) is 19.2 Å². The SMILES string of the molecule is COCCC1(CNCc2ccc(Br)cc2[N+](=O)[O-])CC1. The summed E-state index contributed by atoms with van der Waals surface area (Å²) in [6.45, 7) is 2.20. The number of halogens is 1. The molecule has 6 heteroatoms. The van der Waals surface area contributed by atoms with Gasteiger partial charge in [0.2, 0.25) is 0 Å². The molecular formula is C14H19BrN2O3. The van der Waals surface area contributed by atoms with E-state index in [0.717, 1.165) is 29.6 Å². The Morgan fingerprint density at radius 3 is 2.85 bits per heavy atom. The topological polar surface area (TPSA) is 64.4 Å². The Kier molecular flexibility index (Phi) is 5.12. The van der Waals surface area contributed by atoms with Gasteiger partial charge in [-0.25, -0.2) is 0 Å². The average Bonchev–Trinajstić information content (AvgIpc) is 3.18. The van der Waals surface area contributed by atoms with Crippen LogP contribution in [0.15, 0.2) is 22.7 Å². The first-order chi connectivity index (χ1) is 9.56. The molecule has 2 rings (SSSR count). The van der Waals surface area contributed by atoms with Crippen LogP contribution in [-0.4, -0.2) is 25.2 Å². The van der Waals surface area contributed by atoms with Crippen LogP contribution in [0.2, 0.25) is 0 Å². The molecule has 5 nitrogen and oxygen atoms in total. The van der Waals surface area contributed by atoms with Gasteiger partial charge in [0.15, 0.2) is 0 Å². The number of hydrogen-bond acceptors (Lipinski definition) is 4. The molecule has 0 unspecified atom stereocenters. The van der Waals surface area contributed by atoms with E-state index in [-0.39, 0.29) is 10.6 Å². The highest BCUT2D eigenvalue weighted by atomic mass is 79.9. The predicted octanol–water partition coefficient (Wildman–Crippen LogP) is 3.26. The molecule has 1 saturated carbocycles. The van der Waals surface area contributed by atoms with Crippen molar-refractivity contribution in [1.82, 2.24) is 5.32 Å². The Hall–Kier alpha value is -0.980. The third kappa shape index (κ3) is 4.01. The summed E-state index contributed by atoms with van der Waals surface area (Å²) in [4.78, 5) is 10.7. The molecule has 1 aromatic rings. The lowest BCUT2D eigenvalue weighted by molar-refractivity contribution is -0.385. The summed E-state index contributed by atoms with van der Waals surface area (Å²) in [6, 6.07) is 5.18. The van der Waals surface area contributed by atoms with Crippen LogP contribution in [0.25, 0.3) is 0 Å². The van der Waals surface area contributed by atoms with Gasteiger partial charge in [0.05, 0.1) is 4.92 Å². The molecule has 0 heterocycles. The molecule has 0 aliphatic heterocycles. The van der Waals surface area contributed by atoms with Crippen LogP contribution in [0, 0.1) is 15.5 Å². The van der Waals surface area contributed by atoms with E-state index >= 15 is 0 Å². The first-order valence-electron chi connectivity index (χ1n) is 6.69. The van der Waals surface area contributed by atoms with Crippen molar-refractivity contribution in [3.63, 3.8) is 0 Å². The molecular weight excluding hydrogens is 324 g/mol. The van der Waals surface area contributed by atoms with Gasteiger partial charge in [-0.1, -0.05) is 15.9 Å². The van der Waals surface area contributed by atoms with E-state index in [1.807, 2.05) is 6.07 Å². The second kappa shape index (κ2) is 6.65. The molecule has 110 valence electrons. The van der Waals surface area contributed by atoms with E-state index in [4.69, 9.17) is 4.74 Å². The maximum atomic E-state index is 11.0. The number of nitro groups is 1. The van der Waals surface area contributed by atoms with Crippen LogP contribution in [0.1, 0.15) is 24.8 Å². The number of rotatable bonds is 8. The molecule has 0 aromatic heterocycles. The Morgan fingerprint density at radius 2 is 2.25 bits per heavy atom. The Labute approximate surface area is 127 Å². The number of ether oxygens (including phenoxy) is 1. The molecule has 1 aliphatic rings. The summed E-state index contributed by atoms with van der Waals surface area (Å²) in [5.74, 6) is 0. The summed E-state index contributed by atoms with van der Waals surface area (Å²) in [7, 11) is 1.72.